The standard InChI is InChI=1S/C13H15NO2/c1-9(5-6-15)10-3-4-11-8-14(2)13(16)12(11)7-10/h3-4,6-7,9H,5,8H2,1-2H3. The molecule has 1 aromatic rings. The van der Waals surface area contributed by atoms with Gasteiger partial charge < -0.3 is 9.69 Å². The number of fused-ring (bicyclic) bond motifs is 1. The van der Waals surface area contributed by atoms with Crippen molar-refractivity contribution in [1.29, 1.82) is 0 Å². The lowest BCUT2D eigenvalue weighted by molar-refractivity contribution is -0.108. The highest BCUT2D eigenvalue weighted by atomic mass is 16.2. The first-order valence-electron chi connectivity index (χ1n) is 5.45. The fourth-order valence-electron chi connectivity index (χ4n) is 2.05. The lowest BCUT2D eigenvalue weighted by Gasteiger charge is -2.09. The number of hydrogen-bond donors (Lipinski definition) is 0. The van der Waals surface area contributed by atoms with Gasteiger partial charge in [-0.05, 0) is 23.1 Å². The van der Waals surface area contributed by atoms with Crippen LogP contribution in [-0.2, 0) is 11.3 Å². The molecule has 0 aliphatic carbocycles. The smallest absolute Gasteiger partial charge is 0.254 e. The highest BCUT2D eigenvalue weighted by molar-refractivity contribution is 5.98. The summed E-state index contributed by atoms with van der Waals surface area (Å²) >= 11 is 0. The van der Waals surface area contributed by atoms with E-state index in [-0.39, 0.29) is 11.8 Å². The second kappa shape index (κ2) is 4.08. The van der Waals surface area contributed by atoms with E-state index in [4.69, 9.17) is 0 Å². The molecule has 3 heteroatoms. The molecule has 0 saturated carbocycles. The van der Waals surface area contributed by atoms with Crippen LogP contribution in [-0.4, -0.2) is 24.1 Å². The average molecular weight is 217 g/mol. The molecular formula is C13H15NO2. The molecule has 1 atom stereocenters. The Morgan fingerprint density at radius 1 is 1.50 bits per heavy atom. The lowest BCUT2D eigenvalue weighted by Crippen LogP contribution is -2.17. The molecule has 0 N–H and O–H groups in total. The zero-order chi connectivity index (χ0) is 11.7. The number of carbonyl (C=O) groups is 2. The second-order valence-electron chi connectivity index (χ2n) is 4.38. The summed E-state index contributed by atoms with van der Waals surface area (Å²) < 4.78 is 0. The normalized spacial score (nSPS) is 16.1. The highest BCUT2D eigenvalue weighted by Crippen LogP contribution is 2.26. The Hall–Kier alpha value is -1.64. The Bertz CT molecular complexity index is 440. The van der Waals surface area contributed by atoms with Crippen molar-refractivity contribution in [3.63, 3.8) is 0 Å². The summed E-state index contributed by atoms with van der Waals surface area (Å²) in [5, 5.41) is 0. The molecule has 3 nitrogen and oxygen atoms in total. The summed E-state index contributed by atoms with van der Waals surface area (Å²) in [4.78, 5) is 24.0. The molecule has 16 heavy (non-hydrogen) atoms. The number of aldehydes is 1. The molecule has 1 aromatic carbocycles. The Labute approximate surface area is 95.1 Å². The summed E-state index contributed by atoms with van der Waals surface area (Å²) in [7, 11) is 1.80. The van der Waals surface area contributed by atoms with Gasteiger partial charge >= 0.3 is 0 Å². The summed E-state index contributed by atoms with van der Waals surface area (Å²) in [5.74, 6) is 0.261. The molecule has 1 aliphatic heterocycles. The Balaban J connectivity index is 2.33. The Kier molecular flexibility index (Phi) is 2.77. The van der Waals surface area contributed by atoms with E-state index in [9.17, 15) is 9.59 Å². The molecule has 2 rings (SSSR count). The maximum Gasteiger partial charge on any atom is 0.254 e. The van der Waals surface area contributed by atoms with Crippen molar-refractivity contribution >= 4 is 12.2 Å². The van der Waals surface area contributed by atoms with Gasteiger partial charge in [-0.2, -0.15) is 0 Å². The first kappa shape index (κ1) is 10.9. The summed E-state index contributed by atoms with van der Waals surface area (Å²) in [6.45, 7) is 2.69. The van der Waals surface area contributed by atoms with Crippen LogP contribution in [0.25, 0.3) is 0 Å². The van der Waals surface area contributed by atoms with Crippen molar-refractivity contribution in [2.24, 2.45) is 0 Å². The van der Waals surface area contributed by atoms with Crippen LogP contribution in [0.1, 0.15) is 40.7 Å². The quantitative estimate of drug-likeness (QED) is 0.726. The predicted molar refractivity (Wildman–Crippen MR) is 61.3 cm³/mol. The third kappa shape index (κ3) is 1.73. The van der Waals surface area contributed by atoms with Crippen molar-refractivity contribution < 1.29 is 9.59 Å². The van der Waals surface area contributed by atoms with Gasteiger partial charge in [-0.1, -0.05) is 19.1 Å². The maximum atomic E-state index is 11.8. The Morgan fingerprint density at radius 2 is 2.25 bits per heavy atom. The van der Waals surface area contributed by atoms with Gasteiger partial charge in [-0.15, -0.1) is 0 Å². The molecule has 0 bridgehead atoms. The molecule has 1 heterocycles. The number of nitrogens with zero attached hydrogens (tertiary/aromatic N) is 1. The van der Waals surface area contributed by atoms with Gasteiger partial charge in [-0.3, -0.25) is 4.79 Å². The van der Waals surface area contributed by atoms with Gasteiger partial charge in [-0.25, -0.2) is 0 Å². The largest absolute Gasteiger partial charge is 0.337 e. The minimum Gasteiger partial charge on any atom is -0.337 e. The predicted octanol–water partition coefficient (Wildman–Crippen LogP) is 1.96. The van der Waals surface area contributed by atoms with Gasteiger partial charge in [0.25, 0.3) is 5.91 Å². The number of benzene rings is 1. The second-order valence-corrected chi connectivity index (χ2v) is 4.38. The zero-order valence-electron chi connectivity index (χ0n) is 9.56. The maximum absolute atomic E-state index is 11.8. The number of rotatable bonds is 3. The van der Waals surface area contributed by atoms with Crippen LogP contribution in [0.15, 0.2) is 18.2 Å². The lowest BCUT2D eigenvalue weighted by atomic mass is 9.95. The van der Waals surface area contributed by atoms with Crippen molar-refractivity contribution in [2.75, 3.05) is 7.05 Å². The first-order chi connectivity index (χ1) is 7.63. The molecular weight excluding hydrogens is 202 g/mol. The van der Waals surface area contributed by atoms with Gasteiger partial charge in [0, 0.05) is 25.6 Å². The van der Waals surface area contributed by atoms with Crippen LogP contribution in [0.3, 0.4) is 0 Å². The summed E-state index contributed by atoms with van der Waals surface area (Å²) in [5.41, 5.74) is 2.93. The van der Waals surface area contributed by atoms with Crippen LogP contribution < -0.4 is 0 Å². The number of carbonyl (C=O) groups excluding carboxylic acids is 2. The zero-order valence-corrected chi connectivity index (χ0v) is 9.56. The molecule has 0 saturated heterocycles. The molecule has 84 valence electrons. The van der Waals surface area contributed by atoms with E-state index in [1.54, 1.807) is 11.9 Å². The van der Waals surface area contributed by atoms with E-state index in [1.165, 1.54) is 0 Å². The average Bonchev–Trinajstić information content (AvgIpc) is 2.55. The van der Waals surface area contributed by atoms with E-state index in [0.717, 1.165) is 23.0 Å². The van der Waals surface area contributed by atoms with E-state index >= 15 is 0 Å². The first-order valence-corrected chi connectivity index (χ1v) is 5.45. The fraction of sp³-hybridized carbons (Fsp3) is 0.385. The van der Waals surface area contributed by atoms with E-state index in [0.29, 0.717) is 13.0 Å². The van der Waals surface area contributed by atoms with Crippen molar-refractivity contribution in [2.45, 2.75) is 25.8 Å². The van der Waals surface area contributed by atoms with Crippen LogP contribution in [0, 0.1) is 0 Å². The summed E-state index contributed by atoms with van der Waals surface area (Å²) in [6.07, 6.45) is 1.43. The molecule has 1 aliphatic rings. The van der Waals surface area contributed by atoms with Crippen LogP contribution in [0.4, 0.5) is 0 Å². The fourth-order valence-corrected chi connectivity index (χ4v) is 2.05. The minimum absolute atomic E-state index is 0.0788. The van der Waals surface area contributed by atoms with E-state index in [2.05, 4.69) is 0 Å². The molecule has 1 unspecified atom stereocenters. The van der Waals surface area contributed by atoms with Crippen LogP contribution >= 0.6 is 0 Å². The molecule has 0 aromatic heterocycles. The molecule has 0 fully saturated rings. The van der Waals surface area contributed by atoms with Gasteiger partial charge in [0.15, 0.2) is 0 Å². The Morgan fingerprint density at radius 3 is 2.94 bits per heavy atom. The minimum atomic E-state index is 0.0788. The van der Waals surface area contributed by atoms with Crippen LogP contribution in [0.5, 0.6) is 0 Å². The molecule has 1 amide bonds. The third-order valence-electron chi connectivity index (χ3n) is 3.14. The number of hydrogen-bond acceptors (Lipinski definition) is 2. The van der Waals surface area contributed by atoms with Crippen LogP contribution in [0.2, 0.25) is 0 Å². The highest BCUT2D eigenvalue weighted by Gasteiger charge is 2.24. The van der Waals surface area contributed by atoms with E-state index < -0.39 is 0 Å². The van der Waals surface area contributed by atoms with Crippen molar-refractivity contribution in [1.82, 2.24) is 4.90 Å². The van der Waals surface area contributed by atoms with Crippen molar-refractivity contribution in [3.8, 4) is 0 Å². The SMILES string of the molecule is CC(CC=O)c1ccc2c(c1)C(=O)N(C)C2. The third-order valence-corrected chi connectivity index (χ3v) is 3.14. The van der Waals surface area contributed by atoms with E-state index in [1.807, 2.05) is 25.1 Å². The topological polar surface area (TPSA) is 37.4 Å². The van der Waals surface area contributed by atoms with Gasteiger partial charge in [0.1, 0.15) is 6.29 Å². The summed E-state index contributed by atoms with van der Waals surface area (Å²) in [6, 6.07) is 5.93. The van der Waals surface area contributed by atoms with Gasteiger partial charge in [0.05, 0.1) is 0 Å². The van der Waals surface area contributed by atoms with Gasteiger partial charge in [0.2, 0.25) is 0 Å². The number of amides is 1. The monoisotopic (exact) mass is 217 g/mol. The van der Waals surface area contributed by atoms with Crippen molar-refractivity contribution in [3.05, 3.63) is 34.9 Å². The molecule has 0 radical (unpaired) electrons. The molecule has 0 spiro atoms.